The van der Waals surface area contributed by atoms with Crippen LogP contribution in [0.15, 0.2) is 28.8 Å². The first kappa shape index (κ1) is 20.4. The van der Waals surface area contributed by atoms with Crippen molar-refractivity contribution in [1.29, 1.82) is 0 Å². The van der Waals surface area contributed by atoms with E-state index in [-0.39, 0.29) is 12.5 Å². The number of nitrogens with zero attached hydrogens (tertiary/aromatic N) is 4. The van der Waals surface area contributed by atoms with Gasteiger partial charge in [0.15, 0.2) is 18.1 Å². The van der Waals surface area contributed by atoms with Crippen LogP contribution in [0, 0.1) is 6.92 Å². The van der Waals surface area contributed by atoms with Crippen LogP contribution in [-0.4, -0.2) is 40.1 Å². The van der Waals surface area contributed by atoms with Crippen LogP contribution >= 0.6 is 11.6 Å². The van der Waals surface area contributed by atoms with Crippen LogP contribution in [0.4, 0.5) is 0 Å². The second-order valence-electron chi connectivity index (χ2n) is 5.94. The van der Waals surface area contributed by atoms with Gasteiger partial charge in [0, 0.05) is 24.3 Å². The highest BCUT2D eigenvalue weighted by molar-refractivity contribution is 6.31. The summed E-state index contributed by atoms with van der Waals surface area (Å²) in [5, 5.41) is 8.50. The van der Waals surface area contributed by atoms with Gasteiger partial charge in [-0.3, -0.25) is 4.68 Å². The van der Waals surface area contributed by atoms with Gasteiger partial charge in [0.2, 0.25) is 5.82 Å². The molecule has 0 aliphatic carbocycles. The fourth-order valence-electron chi connectivity index (χ4n) is 2.57. The number of aromatic nitrogens is 4. The monoisotopic (exact) mass is 418 g/mol. The highest BCUT2D eigenvalue weighted by Gasteiger charge is 2.13. The number of rotatable bonds is 7. The molecule has 0 bridgehead atoms. The number of halogens is 1. The van der Waals surface area contributed by atoms with Gasteiger partial charge in [-0.2, -0.15) is 10.1 Å². The summed E-state index contributed by atoms with van der Waals surface area (Å²) < 4.78 is 22.3. The molecule has 0 radical (unpaired) electrons. The largest absolute Gasteiger partial charge is 0.493 e. The molecule has 1 aromatic carbocycles. The lowest BCUT2D eigenvalue weighted by molar-refractivity contribution is -0.139. The van der Waals surface area contributed by atoms with Gasteiger partial charge in [-0.25, -0.2) is 4.79 Å². The third-order valence-corrected chi connectivity index (χ3v) is 4.48. The molecule has 0 N–H and O–H groups in total. The molecule has 0 atom stereocenters. The molecule has 2 heterocycles. The molecule has 3 rings (SSSR count). The van der Waals surface area contributed by atoms with Crippen molar-refractivity contribution >= 4 is 23.6 Å². The average Bonchev–Trinajstić information content (AvgIpc) is 3.29. The molecule has 0 aliphatic rings. The van der Waals surface area contributed by atoms with Gasteiger partial charge >= 0.3 is 5.97 Å². The molecular formula is C19H19ClN4O5. The standard InChI is InChI=1S/C19H19ClN4O5/c1-11-13(18(20)24(2)22-11)6-8-17(25)28-10-16-21-19(23-29-16)12-5-7-14(26-3)15(9-12)27-4/h5-9H,10H2,1-4H3/b8-6+. The molecule has 10 heteroatoms. The van der Waals surface area contributed by atoms with Crippen molar-refractivity contribution in [3.8, 4) is 22.9 Å². The number of benzene rings is 1. The number of esters is 1. The highest BCUT2D eigenvalue weighted by atomic mass is 35.5. The van der Waals surface area contributed by atoms with Crippen LogP contribution in [0.2, 0.25) is 5.15 Å². The Morgan fingerprint density at radius 3 is 2.69 bits per heavy atom. The molecule has 0 saturated heterocycles. The molecule has 0 spiro atoms. The average molecular weight is 419 g/mol. The first-order chi connectivity index (χ1) is 13.9. The Balaban J connectivity index is 1.63. The van der Waals surface area contributed by atoms with Crippen molar-refractivity contribution in [2.45, 2.75) is 13.5 Å². The normalized spacial score (nSPS) is 11.1. The van der Waals surface area contributed by atoms with Crippen molar-refractivity contribution < 1.29 is 23.5 Å². The van der Waals surface area contributed by atoms with E-state index in [0.29, 0.717) is 39.3 Å². The Morgan fingerprint density at radius 2 is 2.03 bits per heavy atom. The topological polar surface area (TPSA) is 102 Å². The Kier molecular flexibility index (Phi) is 6.18. The molecule has 0 saturated carbocycles. The number of ether oxygens (including phenoxy) is 3. The van der Waals surface area contributed by atoms with Crippen molar-refractivity contribution in [1.82, 2.24) is 19.9 Å². The van der Waals surface area contributed by atoms with Gasteiger partial charge in [0.1, 0.15) is 5.15 Å². The molecule has 9 nitrogen and oxygen atoms in total. The number of aryl methyl sites for hydroxylation is 2. The maximum Gasteiger partial charge on any atom is 0.331 e. The van der Waals surface area contributed by atoms with Crippen LogP contribution in [0.3, 0.4) is 0 Å². The molecule has 0 fully saturated rings. The lowest BCUT2D eigenvalue weighted by Crippen LogP contribution is -2.01. The third kappa shape index (κ3) is 4.57. The van der Waals surface area contributed by atoms with Crippen LogP contribution in [0.25, 0.3) is 17.5 Å². The van der Waals surface area contributed by atoms with E-state index in [0.717, 1.165) is 0 Å². The molecule has 29 heavy (non-hydrogen) atoms. The van der Waals surface area contributed by atoms with Crippen molar-refractivity contribution in [2.24, 2.45) is 7.05 Å². The molecule has 0 aliphatic heterocycles. The number of methoxy groups -OCH3 is 2. The van der Waals surface area contributed by atoms with E-state index < -0.39 is 5.97 Å². The predicted molar refractivity (Wildman–Crippen MR) is 105 cm³/mol. The minimum atomic E-state index is -0.574. The van der Waals surface area contributed by atoms with Gasteiger partial charge in [0.05, 0.1) is 19.9 Å². The molecule has 152 valence electrons. The van der Waals surface area contributed by atoms with E-state index in [4.69, 9.17) is 30.3 Å². The Morgan fingerprint density at radius 1 is 1.28 bits per heavy atom. The zero-order valence-corrected chi connectivity index (χ0v) is 17.1. The summed E-state index contributed by atoms with van der Waals surface area (Å²) in [7, 11) is 4.81. The van der Waals surface area contributed by atoms with Gasteiger partial charge in [-0.1, -0.05) is 16.8 Å². The number of carbonyl (C=O) groups is 1. The maximum atomic E-state index is 12.0. The van der Waals surface area contributed by atoms with E-state index in [2.05, 4.69) is 15.2 Å². The molecule has 0 amide bonds. The fraction of sp³-hybridized carbons (Fsp3) is 0.263. The summed E-state index contributed by atoms with van der Waals surface area (Å²) in [6, 6.07) is 5.23. The number of hydrogen-bond acceptors (Lipinski definition) is 8. The SMILES string of the molecule is COc1ccc(-c2noc(COC(=O)/C=C/c3c(C)nn(C)c3Cl)n2)cc1OC. The summed E-state index contributed by atoms with van der Waals surface area (Å²) >= 11 is 6.12. The van der Waals surface area contributed by atoms with Crippen LogP contribution in [0.1, 0.15) is 17.1 Å². The third-order valence-electron chi connectivity index (χ3n) is 4.03. The Bertz CT molecular complexity index is 1060. The van der Waals surface area contributed by atoms with Crippen molar-refractivity contribution in [3.05, 3.63) is 46.6 Å². The lowest BCUT2D eigenvalue weighted by atomic mass is 10.2. The Labute approximate surface area is 171 Å². The van der Waals surface area contributed by atoms with E-state index >= 15 is 0 Å². The first-order valence-corrected chi connectivity index (χ1v) is 8.89. The molecule has 0 unspecified atom stereocenters. The van der Waals surface area contributed by atoms with Gasteiger partial charge in [0.25, 0.3) is 5.89 Å². The second-order valence-corrected chi connectivity index (χ2v) is 6.29. The quantitative estimate of drug-likeness (QED) is 0.425. The highest BCUT2D eigenvalue weighted by Crippen LogP contribution is 2.31. The van der Waals surface area contributed by atoms with Gasteiger partial charge in [-0.15, -0.1) is 0 Å². The van der Waals surface area contributed by atoms with E-state index in [1.807, 2.05) is 0 Å². The summed E-state index contributed by atoms with van der Waals surface area (Å²) in [6.07, 6.45) is 2.82. The van der Waals surface area contributed by atoms with Gasteiger partial charge in [-0.05, 0) is 31.2 Å². The minimum absolute atomic E-state index is 0.159. The summed E-state index contributed by atoms with van der Waals surface area (Å²) in [5.74, 6) is 1.05. The van der Waals surface area contributed by atoms with Crippen molar-refractivity contribution in [3.63, 3.8) is 0 Å². The maximum absolute atomic E-state index is 12.0. The van der Waals surface area contributed by atoms with E-state index in [1.54, 1.807) is 45.4 Å². The molecular weight excluding hydrogens is 400 g/mol. The zero-order chi connectivity index (χ0) is 21.0. The Hall–Kier alpha value is -3.33. The first-order valence-electron chi connectivity index (χ1n) is 8.51. The van der Waals surface area contributed by atoms with E-state index in [1.165, 1.54) is 17.9 Å². The summed E-state index contributed by atoms with van der Waals surface area (Å²) in [5.41, 5.74) is 2.03. The molecule has 2 aromatic heterocycles. The van der Waals surface area contributed by atoms with Crippen LogP contribution in [0.5, 0.6) is 11.5 Å². The van der Waals surface area contributed by atoms with Crippen LogP contribution in [-0.2, 0) is 23.2 Å². The number of carbonyl (C=O) groups excluding carboxylic acids is 1. The fourth-order valence-corrected chi connectivity index (χ4v) is 2.81. The van der Waals surface area contributed by atoms with E-state index in [9.17, 15) is 4.79 Å². The molecule has 3 aromatic rings. The predicted octanol–water partition coefficient (Wildman–Crippen LogP) is 3.21. The number of hydrogen-bond donors (Lipinski definition) is 0. The van der Waals surface area contributed by atoms with Crippen molar-refractivity contribution in [2.75, 3.05) is 14.2 Å². The summed E-state index contributed by atoms with van der Waals surface area (Å²) in [6.45, 7) is 1.63. The summed E-state index contributed by atoms with van der Waals surface area (Å²) in [4.78, 5) is 16.2. The lowest BCUT2D eigenvalue weighted by Gasteiger charge is -2.07. The second kappa shape index (κ2) is 8.78. The van der Waals surface area contributed by atoms with Crippen LogP contribution < -0.4 is 9.47 Å². The smallest absolute Gasteiger partial charge is 0.331 e. The minimum Gasteiger partial charge on any atom is -0.493 e. The zero-order valence-electron chi connectivity index (χ0n) is 16.3. The van der Waals surface area contributed by atoms with Gasteiger partial charge < -0.3 is 18.7 Å².